The number of nitrogens with zero attached hydrogens (tertiary/aromatic N) is 1. The number of imide groups is 1. The lowest BCUT2D eigenvalue weighted by molar-refractivity contribution is -0.146. The summed E-state index contributed by atoms with van der Waals surface area (Å²) in [6, 6.07) is 8.60. The number of benzene rings is 1. The minimum Gasteiger partial charge on any atom is -0.447 e. The number of rotatable bonds is 5. The van der Waals surface area contributed by atoms with E-state index >= 15 is 0 Å². The van der Waals surface area contributed by atoms with Crippen molar-refractivity contribution in [1.29, 1.82) is 0 Å². The second-order valence-corrected chi connectivity index (χ2v) is 5.35. The smallest absolute Gasteiger partial charge is 0.417 e. The second-order valence-electron chi connectivity index (χ2n) is 5.35. The van der Waals surface area contributed by atoms with Crippen LogP contribution < -0.4 is 0 Å². The van der Waals surface area contributed by atoms with Crippen molar-refractivity contribution in [3.05, 3.63) is 48.6 Å². The first-order chi connectivity index (χ1) is 10.4. The maximum Gasteiger partial charge on any atom is 0.417 e. The Kier molecular flexibility index (Phi) is 4.61. The average Bonchev–Trinajstić information content (AvgIpc) is 2.87. The Bertz CT molecular complexity index is 573. The Morgan fingerprint density at radius 3 is 2.82 bits per heavy atom. The minimum absolute atomic E-state index is 0.000266. The van der Waals surface area contributed by atoms with Gasteiger partial charge in [0.05, 0.1) is 6.04 Å². The molecule has 118 valence electrons. The minimum atomic E-state index is -2.64. The van der Waals surface area contributed by atoms with E-state index in [1.807, 2.05) is 30.3 Å². The fourth-order valence-corrected chi connectivity index (χ4v) is 2.33. The summed E-state index contributed by atoms with van der Waals surface area (Å²) in [6.45, 7) is 4.19. The monoisotopic (exact) mass is 307 g/mol. The number of carbonyl (C=O) groups excluding carboxylic acids is 2. The van der Waals surface area contributed by atoms with Gasteiger partial charge in [0.25, 0.3) is 5.91 Å². The molecule has 2 rings (SSSR count). The number of halogens is 1. The van der Waals surface area contributed by atoms with Crippen LogP contribution in [0.2, 0.25) is 0 Å². The molecule has 2 amide bonds. The average molecular weight is 307 g/mol. The summed E-state index contributed by atoms with van der Waals surface area (Å²) < 4.78 is 19.4. The van der Waals surface area contributed by atoms with Crippen LogP contribution in [0.5, 0.6) is 0 Å². The van der Waals surface area contributed by atoms with Gasteiger partial charge in [-0.1, -0.05) is 36.4 Å². The fraction of sp³-hybridized carbons (Fsp3) is 0.375. The first-order valence-electron chi connectivity index (χ1n) is 6.91. The lowest BCUT2D eigenvalue weighted by Crippen LogP contribution is -2.53. The first-order valence-corrected chi connectivity index (χ1v) is 6.91. The third-order valence-electron chi connectivity index (χ3n) is 3.69. The van der Waals surface area contributed by atoms with E-state index in [2.05, 4.69) is 6.58 Å². The van der Waals surface area contributed by atoms with Gasteiger partial charge < -0.3 is 9.84 Å². The highest BCUT2D eigenvalue weighted by atomic mass is 19.1. The van der Waals surface area contributed by atoms with Crippen molar-refractivity contribution >= 4 is 12.0 Å². The Morgan fingerprint density at radius 2 is 2.23 bits per heavy atom. The molecule has 1 fully saturated rings. The maximum absolute atomic E-state index is 14.5. The van der Waals surface area contributed by atoms with E-state index in [1.54, 1.807) is 0 Å². The Balaban J connectivity index is 2.21. The van der Waals surface area contributed by atoms with E-state index in [9.17, 15) is 19.1 Å². The van der Waals surface area contributed by atoms with Crippen LogP contribution in [-0.2, 0) is 16.0 Å². The molecule has 6 heteroatoms. The third kappa shape index (κ3) is 3.01. The molecule has 22 heavy (non-hydrogen) atoms. The number of aliphatic hydroxyl groups is 1. The number of cyclic esters (lactones) is 1. The van der Waals surface area contributed by atoms with Crippen LogP contribution >= 0.6 is 0 Å². The second kappa shape index (κ2) is 6.27. The maximum atomic E-state index is 14.5. The summed E-state index contributed by atoms with van der Waals surface area (Å²) in [5, 5.41) is 9.59. The SMILES string of the molecule is C=C[C@@H](O)C(C)(F)C(=O)N1C(=O)OC[C@H]1Cc1ccccc1. The van der Waals surface area contributed by atoms with Gasteiger partial charge in [0.1, 0.15) is 12.7 Å². The van der Waals surface area contributed by atoms with Gasteiger partial charge in [0.15, 0.2) is 0 Å². The molecular weight excluding hydrogens is 289 g/mol. The third-order valence-corrected chi connectivity index (χ3v) is 3.69. The van der Waals surface area contributed by atoms with Crippen molar-refractivity contribution < 1.29 is 23.8 Å². The molecule has 5 nitrogen and oxygen atoms in total. The molecule has 0 aliphatic carbocycles. The molecule has 1 aliphatic heterocycles. The quantitative estimate of drug-likeness (QED) is 0.843. The molecule has 1 unspecified atom stereocenters. The molecule has 0 spiro atoms. The van der Waals surface area contributed by atoms with Crippen molar-refractivity contribution in [3.63, 3.8) is 0 Å². The van der Waals surface area contributed by atoms with Gasteiger partial charge in [0.2, 0.25) is 5.67 Å². The van der Waals surface area contributed by atoms with Gasteiger partial charge in [-0.25, -0.2) is 14.1 Å². The number of carbonyl (C=O) groups is 2. The molecule has 0 aromatic heterocycles. The number of hydrogen-bond donors (Lipinski definition) is 1. The molecule has 0 bridgehead atoms. The van der Waals surface area contributed by atoms with Gasteiger partial charge in [-0.05, 0) is 18.9 Å². The molecule has 0 saturated carbocycles. The zero-order chi connectivity index (χ0) is 16.3. The summed E-state index contributed by atoms with van der Waals surface area (Å²) in [4.78, 5) is 24.9. The summed E-state index contributed by atoms with van der Waals surface area (Å²) in [5.74, 6) is -1.12. The summed E-state index contributed by atoms with van der Waals surface area (Å²) >= 11 is 0. The van der Waals surface area contributed by atoms with E-state index in [0.29, 0.717) is 6.42 Å². The molecule has 3 atom stereocenters. The van der Waals surface area contributed by atoms with Crippen LogP contribution in [0.4, 0.5) is 9.18 Å². The molecule has 1 aromatic carbocycles. The highest BCUT2D eigenvalue weighted by molar-refractivity contribution is 5.98. The summed E-state index contributed by atoms with van der Waals surface area (Å²) in [7, 11) is 0. The van der Waals surface area contributed by atoms with Crippen molar-refractivity contribution in [2.45, 2.75) is 31.2 Å². The molecule has 1 N–H and O–H groups in total. The van der Waals surface area contributed by atoms with Gasteiger partial charge >= 0.3 is 6.09 Å². The molecule has 1 aliphatic rings. The first kappa shape index (κ1) is 16.2. The van der Waals surface area contributed by atoms with E-state index in [4.69, 9.17) is 4.74 Å². The van der Waals surface area contributed by atoms with Crippen LogP contribution in [-0.4, -0.2) is 46.4 Å². The highest BCUT2D eigenvalue weighted by Gasteiger charge is 2.49. The van der Waals surface area contributed by atoms with Crippen molar-refractivity contribution in [1.82, 2.24) is 4.90 Å². The van der Waals surface area contributed by atoms with Crippen molar-refractivity contribution in [3.8, 4) is 0 Å². The Labute approximate surface area is 128 Å². The predicted molar refractivity (Wildman–Crippen MR) is 77.8 cm³/mol. The van der Waals surface area contributed by atoms with Crippen LogP contribution in [0.25, 0.3) is 0 Å². The van der Waals surface area contributed by atoms with E-state index in [0.717, 1.165) is 23.5 Å². The number of amides is 2. The van der Waals surface area contributed by atoms with Gasteiger partial charge in [-0.2, -0.15) is 0 Å². The standard InChI is InChI=1S/C16H18FNO4/c1-3-13(19)16(2,17)14(20)18-12(10-22-15(18)21)9-11-7-5-4-6-8-11/h3-8,12-13,19H,1,9-10H2,2H3/t12-,13-,16?/m1/s1. The van der Waals surface area contributed by atoms with Crippen LogP contribution in [0.1, 0.15) is 12.5 Å². The summed E-state index contributed by atoms with van der Waals surface area (Å²) in [6.07, 6.45) is -1.32. The van der Waals surface area contributed by atoms with Crippen LogP contribution in [0, 0.1) is 0 Å². The van der Waals surface area contributed by atoms with E-state index in [1.165, 1.54) is 0 Å². The van der Waals surface area contributed by atoms with Crippen LogP contribution in [0.15, 0.2) is 43.0 Å². The van der Waals surface area contributed by atoms with Crippen LogP contribution in [0.3, 0.4) is 0 Å². The predicted octanol–water partition coefficient (Wildman–Crippen LogP) is 1.85. The molecule has 1 saturated heterocycles. The summed E-state index contributed by atoms with van der Waals surface area (Å²) in [5.41, 5.74) is -1.74. The topological polar surface area (TPSA) is 66.8 Å². The normalized spacial score (nSPS) is 21.9. The zero-order valence-electron chi connectivity index (χ0n) is 12.2. The highest BCUT2D eigenvalue weighted by Crippen LogP contribution is 2.26. The number of aliphatic hydroxyl groups excluding tert-OH is 1. The van der Waals surface area contributed by atoms with Gasteiger partial charge in [-0.3, -0.25) is 4.79 Å². The molecule has 1 heterocycles. The fourth-order valence-electron chi connectivity index (χ4n) is 2.33. The molecular formula is C16H18FNO4. The van der Waals surface area contributed by atoms with Crippen molar-refractivity contribution in [2.75, 3.05) is 6.61 Å². The Hall–Kier alpha value is -2.21. The van der Waals surface area contributed by atoms with Crippen molar-refractivity contribution in [2.24, 2.45) is 0 Å². The Morgan fingerprint density at radius 1 is 1.59 bits per heavy atom. The van der Waals surface area contributed by atoms with Gasteiger partial charge in [0, 0.05) is 0 Å². The van der Waals surface area contributed by atoms with E-state index < -0.39 is 29.8 Å². The van der Waals surface area contributed by atoms with E-state index in [-0.39, 0.29) is 6.61 Å². The lowest BCUT2D eigenvalue weighted by atomic mass is 9.97. The number of ether oxygens (including phenoxy) is 1. The largest absolute Gasteiger partial charge is 0.447 e. The molecule has 1 aromatic rings. The number of hydrogen-bond acceptors (Lipinski definition) is 4. The zero-order valence-corrected chi connectivity index (χ0v) is 12.2. The van der Waals surface area contributed by atoms with Gasteiger partial charge in [-0.15, -0.1) is 6.58 Å². The number of alkyl halides is 1. The molecule has 0 radical (unpaired) electrons. The lowest BCUT2D eigenvalue weighted by Gasteiger charge is -2.29.